The van der Waals surface area contributed by atoms with Crippen molar-refractivity contribution in [3.63, 3.8) is 0 Å². The van der Waals surface area contributed by atoms with Crippen LogP contribution in [-0.2, 0) is 10.0 Å². The van der Waals surface area contributed by atoms with Crippen molar-refractivity contribution in [3.05, 3.63) is 72.4 Å². The Morgan fingerprint density at radius 2 is 1.83 bits per heavy atom. The molecule has 1 N–H and O–H groups in total. The molecule has 7 nitrogen and oxygen atoms in total. The number of nitrogens with zero attached hydrogens (tertiary/aromatic N) is 3. The zero-order valence-electron chi connectivity index (χ0n) is 15.6. The Morgan fingerprint density at radius 1 is 1.07 bits per heavy atom. The monoisotopic (exact) mass is 412 g/mol. The number of ether oxygens (including phenoxy) is 1. The molecule has 0 aliphatic heterocycles. The number of pyridine rings is 2. The van der Waals surface area contributed by atoms with E-state index in [2.05, 4.69) is 14.8 Å². The van der Waals surface area contributed by atoms with Gasteiger partial charge in [0.25, 0.3) is 10.0 Å². The molecular formula is C20H17FN4O3S. The summed E-state index contributed by atoms with van der Waals surface area (Å²) in [5, 5.41) is 4.25. The van der Waals surface area contributed by atoms with Crippen molar-refractivity contribution in [1.82, 2.24) is 14.6 Å². The number of halogens is 1. The standard InChI is InChI=1S/C20H17FN4O3S/c1-13-11-23-25-8-7-14(10-19(13)25)15-9-18(20(28-2)22-12-15)24-29(26,27)17-5-3-16(21)4-6-17/h3-12,24H,1-2H3. The third-order valence-corrected chi connectivity index (χ3v) is 5.84. The number of nitrogens with one attached hydrogen (secondary N) is 1. The number of hydrogen-bond acceptors (Lipinski definition) is 5. The highest BCUT2D eigenvalue weighted by Gasteiger charge is 2.18. The molecule has 1 aromatic carbocycles. The molecule has 3 aromatic heterocycles. The molecule has 0 amide bonds. The summed E-state index contributed by atoms with van der Waals surface area (Å²) in [5.74, 6) is -0.392. The highest BCUT2D eigenvalue weighted by molar-refractivity contribution is 7.92. The third kappa shape index (κ3) is 3.64. The summed E-state index contributed by atoms with van der Waals surface area (Å²) in [7, 11) is -2.54. The lowest BCUT2D eigenvalue weighted by atomic mass is 10.1. The number of aromatic nitrogens is 3. The van der Waals surface area contributed by atoms with Gasteiger partial charge in [-0.25, -0.2) is 22.3 Å². The fourth-order valence-corrected chi connectivity index (χ4v) is 3.99. The van der Waals surface area contributed by atoms with Crippen molar-refractivity contribution in [2.24, 2.45) is 0 Å². The van der Waals surface area contributed by atoms with E-state index in [1.54, 1.807) is 23.0 Å². The predicted octanol–water partition coefficient (Wildman–Crippen LogP) is 3.65. The zero-order valence-corrected chi connectivity index (χ0v) is 16.4. The van der Waals surface area contributed by atoms with Crippen LogP contribution in [0.4, 0.5) is 10.1 Å². The number of methoxy groups -OCH3 is 1. The number of sulfonamides is 1. The van der Waals surface area contributed by atoms with Gasteiger partial charge in [0, 0.05) is 18.0 Å². The molecule has 148 valence electrons. The normalized spacial score (nSPS) is 11.6. The summed E-state index contributed by atoms with van der Waals surface area (Å²) in [4.78, 5) is 4.16. The first-order valence-electron chi connectivity index (χ1n) is 8.64. The Hall–Kier alpha value is -3.46. The minimum Gasteiger partial charge on any atom is -0.480 e. The van der Waals surface area contributed by atoms with Crippen LogP contribution in [0.15, 0.2) is 66.0 Å². The lowest BCUT2D eigenvalue weighted by Crippen LogP contribution is -2.14. The summed E-state index contributed by atoms with van der Waals surface area (Å²) in [6.45, 7) is 1.96. The minimum absolute atomic E-state index is 0.0670. The Bertz CT molecular complexity index is 1300. The number of anilines is 1. The quantitative estimate of drug-likeness (QED) is 0.541. The van der Waals surface area contributed by atoms with Crippen LogP contribution in [0, 0.1) is 12.7 Å². The fourth-order valence-electron chi connectivity index (χ4n) is 2.95. The second kappa shape index (κ2) is 7.17. The van der Waals surface area contributed by atoms with Crippen LogP contribution in [0.3, 0.4) is 0 Å². The molecule has 4 rings (SSSR count). The Labute approximate surface area is 166 Å². The van der Waals surface area contributed by atoms with Crippen LogP contribution in [0.1, 0.15) is 5.56 Å². The van der Waals surface area contributed by atoms with Crippen molar-refractivity contribution in [2.45, 2.75) is 11.8 Å². The van der Waals surface area contributed by atoms with Gasteiger partial charge < -0.3 is 4.74 Å². The maximum absolute atomic E-state index is 13.1. The van der Waals surface area contributed by atoms with E-state index >= 15 is 0 Å². The van der Waals surface area contributed by atoms with E-state index in [0.29, 0.717) is 5.56 Å². The average molecular weight is 412 g/mol. The number of benzene rings is 1. The molecule has 29 heavy (non-hydrogen) atoms. The number of aryl methyl sites for hydroxylation is 1. The van der Waals surface area contributed by atoms with Gasteiger partial charge in [0.2, 0.25) is 5.88 Å². The summed E-state index contributed by atoms with van der Waals surface area (Å²) in [6, 6.07) is 10.0. The molecule has 0 aliphatic rings. The molecule has 3 heterocycles. The Morgan fingerprint density at radius 3 is 2.55 bits per heavy atom. The molecule has 9 heteroatoms. The molecular weight excluding hydrogens is 395 g/mol. The first-order valence-corrected chi connectivity index (χ1v) is 10.1. The van der Waals surface area contributed by atoms with E-state index in [4.69, 9.17) is 4.74 Å². The van der Waals surface area contributed by atoms with Gasteiger partial charge in [-0.15, -0.1) is 0 Å². The van der Waals surface area contributed by atoms with Crippen molar-refractivity contribution in [1.29, 1.82) is 0 Å². The van der Waals surface area contributed by atoms with Crippen LogP contribution in [-0.4, -0.2) is 30.1 Å². The van der Waals surface area contributed by atoms with Crippen molar-refractivity contribution < 1.29 is 17.5 Å². The molecule has 0 atom stereocenters. The molecule has 0 radical (unpaired) electrons. The molecule has 0 spiro atoms. The van der Waals surface area contributed by atoms with Crippen LogP contribution >= 0.6 is 0 Å². The molecule has 0 bridgehead atoms. The first-order chi connectivity index (χ1) is 13.9. The van der Waals surface area contributed by atoms with E-state index < -0.39 is 15.8 Å². The van der Waals surface area contributed by atoms with E-state index in [-0.39, 0.29) is 16.5 Å². The second-order valence-corrected chi connectivity index (χ2v) is 8.10. The Kier molecular flexibility index (Phi) is 4.67. The number of fused-ring (bicyclic) bond motifs is 1. The van der Waals surface area contributed by atoms with Gasteiger partial charge in [-0.2, -0.15) is 5.10 Å². The topological polar surface area (TPSA) is 85.6 Å². The van der Waals surface area contributed by atoms with Gasteiger partial charge in [-0.3, -0.25) is 4.72 Å². The minimum atomic E-state index is -3.94. The average Bonchev–Trinajstić information content (AvgIpc) is 3.08. The SMILES string of the molecule is COc1ncc(-c2ccn3ncc(C)c3c2)cc1NS(=O)(=O)c1ccc(F)cc1. The van der Waals surface area contributed by atoms with Gasteiger partial charge in [0.15, 0.2) is 0 Å². The third-order valence-electron chi connectivity index (χ3n) is 4.46. The number of rotatable bonds is 5. The maximum Gasteiger partial charge on any atom is 0.262 e. The van der Waals surface area contributed by atoms with Crippen LogP contribution in [0.25, 0.3) is 16.6 Å². The molecule has 0 unspecified atom stereocenters. The highest BCUT2D eigenvalue weighted by Crippen LogP contribution is 2.31. The largest absolute Gasteiger partial charge is 0.480 e. The fraction of sp³-hybridized carbons (Fsp3) is 0.100. The predicted molar refractivity (Wildman–Crippen MR) is 107 cm³/mol. The van der Waals surface area contributed by atoms with Gasteiger partial charge in [0.05, 0.1) is 23.7 Å². The van der Waals surface area contributed by atoms with E-state index in [1.165, 1.54) is 19.2 Å². The van der Waals surface area contributed by atoms with E-state index in [0.717, 1.165) is 28.8 Å². The smallest absolute Gasteiger partial charge is 0.262 e. The first kappa shape index (κ1) is 18.9. The van der Waals surface area contributed by atoms with Gasteiger partial charge in [-0.05, 0) is 60.5 Å². The zero-order chi connectivity index (χ0) is 20.6. The summed E-state index contributed by atoms with van der Waals surface area (Å²) < 4.78 is 47.9. The van der Waals surface area contributed by atoms with Gasteiger partial charge in [0.1, 0.15) is 11.5 Å². The second-order valence-electron chi connectivity index (χ2n) is 6.41. The molecule has 0 saturated carbocycles. The van der Waals surface area contributed by atoms with Crippen molar-refractivity contribution in [3.8, 4) is 17.0 Å². The summed E-state index contributed by atoms with van der Waals surface area (Å²) in [6.07, 6.45) is 5.20. The highest BCUT2D eigenvalue weighted by atomic mass is 32.2. The molecule has 0 aliphatic carbocycles. The molecule has 0 saturated heterocycles. The van der Waals surface area contributed by atoms with E-state index in [9.17, 15) is 12.8 Å². The number of hydrogen-bond donors (Lipinski definition) is 1. The molecule has 0 fully saturated rings. The van der Waals surface area contributed by atoms with E-state index in [1.807, 2.05) is 25.3 Å². The van der Waals surface area contributed by atoms with Gasteiger partial charge >= 0.3 is 0 Å². The van der Waals surface area contributed by atoms with Gasteiger partial charge in [-0.1, -0.05) is 0 Å². The van der Waals surface area contributed by atoms with Crippen LogP contribution in [0.2, 0.25) is 0 Å². The lowest BCUT2D eigenvalue weighted by molar-refractivity contribution is 0.400. The Balaban J connectivity index is 1.74. The summed E-state index contributed by atoms with van der Waals surface area (Å²) in [5.41, 5.74) is 3.68. The summed E-state index contributed by atoms with van der Waals surface area (Å²) >= 11 is 0. The van der Waals surface area contributed by atoms with Crippen molar-refractivity contribution in [2.75, 3.05) is 11.8 Å². The molecule has 4 aromatic rings. The van der Waals surface area contributed by atoms with Crippen LogP contribution < -0.4 is 9.46 Å². The van der Waals surface area contributed by atoms with Crippen molar-refractivity contribution >= 4 is 21.2 Å². The lowest BCUT2D eigenvalue weighted by Gasteiger charge is -2.13. The van der Waals surface area contributed by atoms with Crippen LogP contribution in [0.5, 0.6) is 5.88 Å². The maximum atomic E-state index is 13.1.